The van der Waals surface area contributed by atoms with E-state index >= 15 is 0 Å². The Morgan fingerprint density at radius 3 is 3.10 bits per heavy atom. The second-order valence-electron chi connectivity index (χ2n) is 2.29. The van der Waals surface area contributed by atoms with E-state index in [0.717, 1.165) is 18.9 Å². The molecule has 3 heteroatoms. The summed E-state index contributed by atoms with van der Waals surface area (Å²) in [5.74, 6) is 0.980. The van der Waals surface area contributed by atoms with Gasteiger partial charge in [-0.2, -0.15) is 0 Å². The zero-order valence-corrected chi connectivity index (χ0v) is 6.05. The fraction of sp³-hybridized carbons (Fsp3) is 0.571. The summed E-state index contributed by atoms with van der Waals surface area (Å²) >= 11 is 0. The van der Waals surface area contributed by atoms with Crippen molar-refractivity contribution in [2.45, 2.75) is 6.42 Å². The van der Waals surface area contributed by atoms with Crippen molar-refractivity contribution in [1.29, 1.82) is 0 Å². The van der Waals surface area contributed by atoms with Crippen molar-refractivity contribution < 1.29 is 4.39 Å². The van der Waals surface area contributed by atoms with Gasteiger partial charge in [-0.3, -0.25) is 4.99 Å². The van der Waals surface area contributed by atoms with Gasteiger partial charge < -0.3 is 4.90 Å². The predicted octanol–water partition coefficient (Wildman–Crippen LogP) is 1.20. The SMILES string of the molecule is CN1CCN=C1C/C=C/F. The Morgan fingerprint density at radius 2 is 2.60 bits per heavy atom. The molecule has 2 nitrogen and oxygen atoms in total. The Balaban J connectivity index is 2.40. The van der Waals surface area contributed by atoms with E-state index in [1.807, 2.05) is 11.9 Å². The Labute approximate surface area is 60.1 Å². The molecule has 0 radical (unpaired) electrons. The van der Waals surface area contributed by atoms with Crippen LogP contribution in [0, 0.1) is 0 Å². The number of amidine groups is 1. The van der Waals surface area contributed by atoms with Crippen LogP contribution >= 0.6 is 0 Å². The van der Waals surface area contributed by atoms with Crippen LogP contribution in [0.1, 0.15) is 6.42 Å². The highest BCUT2D eigenvalue weighted by Gasteiger charge is 2.09. The lowest BCUT2D eigenvalue weighted by atomic mass is 10.4. The van der Waals surface area contributed by atoms with Crippen LogP contribution in [0.15, 0.2) is 17.4 Å². The molecular weight excluding hydrogens is 131 g/mol. The second-order valence-corrected chi connectivity index (χ2v) is 2.29. The normalized spacial score (nSPS) is 18.6. The molecule has 0 aromatic rings. The largest absolute Gasteiger partial charge is 0.361 e. The molecule has 56 valence electrons. The highest BCUT2D eigenvalue weighted by atomic mass is 19.1. The molecule has 0 atom stereocenters. The van der Waals surface area contributed by atoms with Gasteiger partial charge in [0.05, 0.1) is 12.9 Å². The van der Waals surface area contributed by atoms with Crippen molar-refractivity contribution in [3.8, 4) is 0 Å². The number of rotatable bonds is 2. The van der Waals surface area contributed by atoms with Crippen LogP contribution in [-0.4, -0.2) is 30.9 Å². The first-order chi connectivity index (χ1) is 4.84. The standard InChI is InChI=1S/C7H11FN2/c1-10-6-5-9-7(10)3-2-4-8/h2,4H,3,5-6H2,1H3/b4-2+. The molecule has 1 rings (SSSR count). The molecule has 0 N–H and O–H groups in total. The van der Waals surface area contributed by atoms with Gasteiger partial charge in [0.2, 0.25) is 0 Å². The third kappa shape index (κ3) is 1.56. The Hall–Kier alpha value is -0.860. The Kier molecular flexibility index (Phi) is 2.42. The fourth-order valence-electron chi connectivity index (χ4n) is 0.949. The molecule has 0 aromatic heterocycles. The number of aliphatic imine (C=N–C) groups is 1. The number of hydrogen-bond acceptors (Lipinski definition) is 2. The zero-order valence-electron chi connectivity index (χ0n) is 6.05. The summed E-state index contributed by atoms with van der Waals surface area (Å²) in [5, 5.41) is 0. The molecule has 0 saturated carbocycles. The van der Waals surface area contributed by atoms with E-state index in [4.69, 9.17) is 0 Å². The van der Waals surface area contributed by atoms with Crippen molar-refractivity contribution in [1.82, 2.24) is 4.90 Å². The van der Waals surface area contributed by atoms with Crippen LogP contribution in [0.25, 0.3) is 0 Å². The average molecular weight is 142 g/mol. The predicted molar refractivity (Wildman–Crippen MR) is 39.8 cm³/mol. The molecule has 1 heterocycles. The molecule has 1 aliphatic rings. The summed E-state index contributed by atoms with van der Waals surface area (Å²) in [4.78, 5) is 6.22. The third-order valence-electron chi connectivity index (χ3n) is 1.56. The molecule has 0 unspecified atom stereocenters. The summed E-state index contributed by atoms with van der Waals surface area (Å²) in [6.07, 6.45) is 2.66. The van der Waals surface area contributed by atoms with Crippen molar-refractivity contribution in [2.75, 3.05) is 20.1 Å². The molecule has 0 saturated heterocycles. The number of nitrogens with zero attached hydrogens (tertiary/aromatic N) is 2. The van der Waals surface area contributed by atoms with Gasteiger partial charge in [0.15, 0.2) is 0 Å². The monoisotopic (exact) mass is 142 g/mol. The summed E-state index contributed by atoms with van der Waals surface area (Å²) in [5.41, 5.74) is 0. The van der Waals surface area contributed by atoms with Gasteiger partial charge in [0.1, 0.15) is 5.84 Å². The van der Waals surface area contributed by atoms with Gasteiger partial charge in [-0.25, -0.2) is 4.39 Å². The molecule has 1 aliphatic heterocycles. The Morgan fingerprint density at radius 1 is 1.80 bits per heavy atom. The van der Waals surface area contributed by atoms with Gasteiger partial charge >= 0.3 is 0 Å². The highest BCUT2D eigenvalue weighted by Crippen LogP contribution is 2.02. The van der Waals surface area contributed by atoms with E-state index in [2.05, 4.69) is 4.99 Å². The van der Waals surface area contributed by atoms with E-state index in [1.54, 1.807) is 0 Å². The molecule has 0 spiro atoms. The first-order valence-electron chi connectivity index (χ1n) is 3.34. The van der Waals surface area contributed by atoms with E-state index in [-0.39, 0.29) is 0 Å². The third-order valence-corrected chi connectivity index (χ3v) is 1.56. The molecule has 10 heavy (non-hydrogen) atoms. The highest BCUT2D eigenvalue weighted by molar-refractivity contribution is 5.84. The molecule has 0 bridgehead atoms. The van der Waals surface area contributed by atoms with Gasteiger partial charge in [-0.1, -0.05) is 0 Å². The topological polar surface area (TPSA) is 15.6 Å². The number of halogens is 1. The average Bonchev–Trinajstić information content (AvgIpc) is 2.31. The van der Waals surface area contributed by atoms with Crippen LogP contribution in [0.2, 0.25) is 0 Å². The summed E-state index contributed by atoms with van der Waals surface area (Å²) < 4.78 is 11.5. The lowest BCUT2D eigenvalue weighted by Crippen LogP contribution is -2.21. The maximum absolute atomic E-state index is 11.5. The van der Waals surface area contributed by atoms with E-state index in [9.17, 15) is 4.39 Å². The molecule has 0 fully saturated rings. The van der Waals surface area contributed by atoms with Crippen LogP contribution in [-0.2, 0) is 0 Å². The summed E-state index contributed by atoms with van der Waals surface area (Å²) in [6, 6.07) is 0. The first-order valence-corrected chi connectivity index (χ1v) is 3.34. The van der Waals surface area contributed by atoms with Crippen molar-refractivity contribution >= 4 is 5.84 Å². The van der Waals surface area contributed by atoms with Crippen LogP contribution in [0.5, 0.6) is 0 Å². The maximum Gasteiger partial charge on any atom is 0.103 e. The lowest BCUT2D eigenvalue weighted by Gasteiger charge is -2.10. The molecule has 0 aliphatic carbocycles. The molecule has 0 amide bonds. The Bertz CT molecular complexity index is 163. The zero-order chi connectivity index (χ0) is 7.40. The van der Waals surface area contributed by atoms with Crippen molar-refractivity contribution in [3.63, 3.8) is 0 Å². The lowest BCUT2D eigenvalue weighted by molar-refractivity contribution is 0.549. The van der Waals surface area contributed by atoms with Gasteiger partial charge in [-0.15, -0.1) is 0 Å². The first kappa shape index (κ1) is 7.25. The fourth-order valence-corrected chi connectivity index (χ4v) is 0.949. The molecule has 0 aromatic carbocycles. The summed E-state index contributed by atoms with van der Waals surface area (Å²) in [6.45, 7) is 1.82. The van der Waals surface area contributed by atoms with E-state index in [0.29, 0.717) is 12.8 Å². The minimum atomic E-state index is 0.564. The van der Waals surface area contributed by atoms with Crippen molar-refractivity contribution in [3.05, 3.63) is 12.4 Å². The minimum absolute atomic E-state index is 0.564. The van der Waals surface area contributed by atoms with Gasteiger partial charge in [-0.05, 0) is 6.08 Å². The van der Waals surface area contributed by atoms with Crippen LogP contribution in [0.4, 0.5) is 4.39 Å². The minimum Gasteiger partial charge on any atom is -0.361 e. The molecular formula is C7H11FN2. The van der Waals surface area contributed by atoms with E-state index in [1.165, 1.54) is 6.08 Å². The van der Waals surface area contributed by atoms with E-state index < -0.39 is 0 Å². The van der Waals surface area contributed by atoms with Gasteiger partial charge in [0.25, 0.3) is 0 Å². The van der Waals surface area contributed by atoms with Crippen LogP contribution < -0.4 is 0 Å². The number of hydrogen-bond donors (Lipinski definition) is 0. The number of likely N-dealkylation sites (N-methyl/N-ethyl adjacent to an activating group) is 1. The van der Waals surface area contributed by atoms with Crippen molar-refractivity contribution in [2.24, 2.45) is 4.99 Å². The summed E-state index contributed by atoms with van der Waals surface area (Å²) in [7, 11) is 1.97. The maximum atomic E-state index is 11.5. The smallest absolute Gasteiger partial charge is 0.103 e. The van der Waals surface area contributed by atoms with Gasteiger partial charge in [0, 0.05) is 20.0 Å². The quantitative estimate of drug-likeness (QED) is 0.565. The second kappa shape index (κ2) is 3.34. The van der Waals surface area contributed by atoms with Crippen LogP contribution in [0.3, 0.4) is 0 Å².